The monoisotopic (exact) mass is 195 g/mol. The summed E-state index contributed by atoms with van der Waals surface area (Å²) in [5, 5.41) is 0. The van der Waals surface area contributed by atoms with Gasteiger partial charge >= 0.3 is 0 Å². The molecular formula is C11H21N3. The van der Waals surface area contributed by atoms with Gasteiger partial charge in [0.25, 0.3) is 0 Å². The smallest absolute Gasteiger partial charge is 0.0516 e. The van der Waals surface area contributed by atoms with Crippen molar-refractivity contribution in [3.05, 3.63) is 0 Å². The molecule has 0 aliphatic carbocycles. The van der Waals surface area contributed by atoms with E-state index in [1.165, 1.54) is 31.6 Å². The van der Waals surface area contributed by atoms with Gasteiger partial charge in [-0.15, -0.1) is 0 Å². The molecule has 3 rings (SSSR count). The lowest BCUT2D eigenvalue weighted by molar-refractivity contribution is 0.200. The molecule has 3 aliphatic rings. The first-order valence-corrected chi connectivity index (χ1v) is 5.66. The summed E-state index contributed by atoms with van der Waals surface area (Å²) in [6.45, 7) is 5.82. The van der Waals surface area contributed by atoms with Gasteiger partial charge in [0.15, 0.2) is 0 Å². The topological polar surface area (TPSA) is 18.8 Å². The first-order valence-electron chi connectivity index (χ1n) is 5.66. The van der Waals surface area contributed by atoms with Crippen LogP contribution in [0.3, 0.4) is 0 Å². The zero-order valence-corrected chi connectivity index (χ0v) is 9.37. The van der Waals surface area contributed by atoms with Crippen molar-refractivity contribution < 1.29 is 0 Å². The van der Waals surface area contributed by atoms with Gasteiger partial charge < -0.3 is 4.90 Å². The first-order chi connectivity index (χ1) is 6.75. The second kappa shape index (κ2) is 4.41. The molecule has 3 heteroatoms. The van der Waals surface area contributed by atoms with Crippen molar-refractivity contribution in [2.75, 3.05) is 46.8 Å². The van der Waals surface area contributed by atoms with Gasteiger partial charge in [0, 0.05) is 24.7 Å². The van der Waals surface area contributed by atoms with E-state index in [-0.39, 0.29) is 0 Å². The van der Waals surface area contributed by atoms with Crippen LogP contribution in [0, 0.1) is 5.92 Å². The number of nitrogens with zero attached hydrogens (tertiary/aromatic N) is 3. The number of aliphatic imine (C=N–C) groups is 1. The Morgan fingerprint density at radius 2 is 2.07 bits per heavy atom. The molecule has 0 aromatic heterocycles. The van der Waals surface area contributed by atoms with Gasteiger partial charge in [0.2, 0.25) is 0 Å². The third kappa shape index (κ3) is 2.34. The molecule has 0 aromatic rings. The Labute approximate surface area is 86.8 Å². The van der Waals surface area contributed by atoms with E-state index in [1.807, 2.05) is 0 Å². The van der Waals surface area contributed by atoms with E-state index in [4.69, 9.17) is 4.99 Å². The van der Waals surface area contributed by atoms with E-state index in [1.54, 1.807) is 0 Å². The van der Waals surface area contributed by atoms with Crippen LogP contribution in [0.2, 0.25) is 0 Å². The summed E-state index contributed by atoms with van der Waals surface area (Å²) < 4.78 is 0. The lowest BCUT2D eigenvalue weighted by Gasteiger charge is -2.40. The molecule has 14 heavy (non-hydrogen) atoms. The highest BCUT2D eigenvalue weighted by molar-refractivity contribution is 5.90. The number of hydrogen-bond donors (Lipinski definition) is 0. The second-order valence-electron chi connectivity index (χ2n) is 4.73. The highest BCUT2D eigenvalue weighted by Crippen LogP contribution is 2.25. The fourth-order valence-corrected chi connectivity index (χ4v) is 2.36. The molecule has 3 aliphatic heterocycles. The summed E-state index contributed by atoms with van der Waals surface area (Å²) in [5.41, 5.74) is 1.48. The van der Waals surface area contributed by atoms with Crippen molar-refractivity contribution in [1.82, 2.24) is 9.80 Å². The zero-order valence-electron chi connectivity index (χ0n) is 9.37. The standard InChI is InChI=1S/C11H21N3/c1-13(2)8-5-12-11-9-14-6-3-10(11)4-7-14/h10H,3-9H2,1-2H3. The predicted molar refractivity (Wildman–Crippen MR) is 60.0 cm³/mol. The molecule has 0 atom stereocenters. The Morgan fingerprint density at radius 1 is 1.36 bits per heavy atom. The minimum absolute atomic E-state index is 0.821. The summed E-state index contributed by atoms with van der Waals surface area (Å²) in [6.07, 6.45) is 2.70. The van der Waals surface area contributed by atoms with Crippen LogP contribution in [0.4, 0.5) is 0 Å². The molecule has 0 spiro atoms. The number of rotatable bonds is 3. The number of fused-ring (bicyclic) bond motifs is 3. The van der Waals surface area contributed by atoms with Crippen LogP contribution < -0.4 is 0 Å². The highest BCUT2D eigenvalue weighted by atomic mass is 15.2. The molecule has 0 saturated carbocycles. The molecule has 2 bridgehead atoms. The lowest BCUT2D eigenvalue weighted by Crippen LogP contribution is -2.48. The molecule has 3 heterocycles. The fourth-order valence-electron chi connectivity index (χ4n) is 2.36. The van der Waals surface area contributed by atoms with Gasteiger partial charge in [-0.1, -0.05) is 0 Å². The Hall–Kier alpha value is -0.410. The van der Waals surface area contributed by atoms with Crippen LogP contribution >= 0.6 is 0 Å². The van der Waals surface area contributed by atoms with Crippen molar-refractivity contribution in [2.24, 2.45) is 10.9 Å². The fraction of sp³-hybridized carbons (Fsp3) is 0.909. The van der Waals surface area contributed by atoms with Crippen molar-refractivity contribution >= 4 is 5.71 Å². The third-order valence-electron chi connectivity index (χ3n) is 3.31. The molecule has 0 radical (unpaired) electrons. The average molecular weight is 195 g/mol. The summed E-state index contributed by atoms with van der Waals surface area (Å²) in [7, 11) is 4.22. The van der Waals surface area contributed by atoms with E-state index in [0.717, 1.165) is 25.6 Å². The molecule has 0 amide bonds. The van der Waals surface area contributed by atoms with Crippen molar-refractivity contribution in [2.45, 2.75) is 12.8 Å². The van der Waals surface area contributed by atoms with E-state index in [0.29, 0.717) is 0 Å². The molecule has 3 saturated heterocycles. The first kappa shape index (κ1) is 10.1. The number of hydrogen-bond acceptors (Lipinski definition) is 3. The van der Waals surface area contributed by atoms with E-state index >= 15 is 0 Å². The van der Waals surface area contributed by atoms with Crippen LogP contribution in [-0.4, -0.2) is 62.3 Å². The quantitative estimate of drug-likeness (QED) is 0.660. The van der Waals surface area contributed by atoms with Gasteiger partial charge in [-0.3, -0.25) is 9.89 Å². The van der Waals surface area contributed by atoms with Gasteiger partial charge in [-0.05, 0) is 40.0 Å². The SMILES string of the molecule is CN(C)CCN=C1CN2CCC1CC2. The van der Waals surface area contributed by atoms with Crippen LogP contribution in [0.25, 0.3) is 0 Å². The van der Waals surface area contributed by atoms with E-state index in [2.05, 4.69) is 23.9 Å². The van der Waals surface area contributed by atoms with Crippen LogP contribution in [0.1, 0.15) is 12.8 Å². The Kier molecular flexibility index (Phi) is 3.19. The van der Waals surface area contributed by atoms with Crippen molar-refractivity contribution in [3.63, 3.8) is 0 Å². The molecule has 80 valence electrons. The van der Waals surface area contributed by atoms with E-state index in [9.17, 15) is 0 Å². The van der Waals surface area contributed by atoms with Crippen LogP contribution in [-0.2, 0) is 0 Å². The Morgan fingerprint density at radius 3 is 2.57 bits per heavy atom. The maximum absolute atomic E-state index is 4.74. The molecule has 3 nitrogen and oxygen atoms in total. The molecule has 0 aromatic carbocycles. The third-order valence-corrected chi connectivity index (χ3v) is 3.31. The van der Waals surface area contributed by atoms with Gasteiger partial charge in [-0.25, -0.2) is 0 Å². The molecule has 3 fully saturated rings. The predicted octanol–water partition coefficient (Wildman–Crippen LogP) is 0.715. The van der Waals surface area contributed by atoms with Crippen molar-refractivity contribution in [3.8, 4) is 0 Å². The van der Waals surface area contributed by atoms with Gasteiger partial charge in [0.1, 0.15) is 0 Å². The number of piperidine rings is 3. The number of likely N-dealkylation sites (N-methyl/N-ethyl adjacent to an activating group) is 1. The Balaban J connectivity index is 1.85. The summed E-state index contributed by atoms with van der Waals surface area (Å²) in [4.78, 5) is 9.48. The Bertz CT molecular complexity index is 215. The minimum atomic E-state index is 0.821. The van der Waals surface area contributed by atoms with E-state index < -0.39 is 0 Å². The highest BCUT2D eigenvalue weighted by Gasteiger charge is 2.30. The summed E-state index contributed by atoms with van der Waals surface area (Å²) >= 11 is 0. The summed E-state index contributed by atoms with van der Waals surface area (Å²) in [5.74, 6) is 0.821. The minimum Gasteiger partial charge on any atom is -0.308 e. The van der Waals surface area contributed by atoms with Gasteiger partial charge in [-0.2, -0.15) is 0 Å². The molecular weight excluding hydrogens is 174 g/mol. The maximum atomic E-state index is 4.74. The van der Waals surface area contributed by atoms with Gasteiger partial charge in [0.05, 0.1) is 6.54 Å². The average Bonchev–Trinajstić information content (AvgIpc) is 2.19. The second-order valence-corrected chi connectivity index (χ2v) is 4.73. The maximum Gasteiger partial charge on any atom is 0.0516 e. The normalized spacial score (nSPS) is 34.4. The van der Waals surface area contributed by atoms with Crippen LogP contribution in [0.15, 0.2) is 4.99 Å². The van der Waals surface area contributed by atoms with Crippen molar-refractivity contribution in [1.29, 1.82) is 0 Å². The van der Waals surface area contributed by atoms with Crippen LogP contribution in [0.5, 0.6) is 0 Å². The lowest BCUT2D eigenvalue weighted by atomic mass is 9.86. The summed E-state index contributed by atoms with van der Waals surface area (Å²) in [6, 6.07) is 0. The molecule has 0 unspecified atom stereocenters. The molecule has 0 N–H and O–H groups in total. The zero-order chi connectivity index (χ0) is 9.97. The largest absolute Gasteiger partial charge is 0.308 e.